The number of rotatable bonds is 4. The molecule has 0 fully saturated rings. The highest BCUT2D eigenvalue weighted by Gasteiger charge is 2.14. The van der Waals surface area contributed by atoms with Gasteiger partial charge in [0.15, 0.2) is 11.6 Å². The molecule has 1 aromatic rings. The van der Waals surface area contributed by atoms with Crippen LogP contribution in [-0.2, 0) is 11.2 Å². The molecule has 88 valence electrons. The van der Waals surface area contributed by atoms with Crippen molar-refractivity contribution < 1.29 is 18.7 Å². The van der Waals surface area contributed by atoms with Crippen molar-refractivity contribution in [3.05, 3.63) is 35.4 Å². The van der Waals surface area contributed by atoms with Crippen LogP contribution in [0.3, 0.4) is 0 Å². The van der Waals surface area contributed by atoms with E-state index in [9.17, 15) is 13.6 Å². The summed E-state index contributed by atoms with van der Waals surface area (Å²) in [5.74, 6) is -2.32. The summed E-state index contributed by atoms with van der Waals surface area (Å²) in [5.41, 5.74) is 0.0230. The molecule has 5 heteroatoms. The highest BCUT2D eigenvalue weighted by Crippen LogP contribution is 2.12. The fourth-order valence-electron chi connectivity index (χ4n) is 1.26. The van der Waals surface area contributed by atoms with E-state index in [2.05, 4.69) is 0 Å². The lowest BCUT2D eigenvalue weighted by atomic mass is 10.1. The number of carbonyl (C=O) groups excluding carboxylic acids is 1. The second-order valence-electron chi connectivity index (χ2n) is 3.43. The quantitative estimate of drug-likeness (QED) is 0.835. The van der Waals surface area contributed by atoms with Crippen LogP contribution in [0.1, 0.15) is 5.56 Å². The number of amides is 1. The molecule has 0 radical (unpaired) electrons. The van der Waals surface area contributed by atoms with Crippen LogP contribution in [0.15, 0.2) is 18.2 Å². The first-order valence-corrected chi connectivity index (χ1v) is 4.84. The summed E-state index contributed by atoms with van der Waals surface area (Å²) in [7, 11) is 1.50. The largest absolute Gasteiger partial charge is 0.395 e. The van der Waals surface area contributed by atoms with Crippen LogP contribution in [0, 0.1) is 11.6 Å². The zero-order valence-corrected chi connectivity index (χ0v) is 8.91. The van der Waals surface area contributed by atoms with Gasteiger partial charge in [-0.25, -0.2) is 8.78 Å². The van der Waals surface area contributed by atoms with Gasteiger partial charge in [0.2, 0.25) is 5.91 Å². The van der Waals surface area contributed by atoms with Crippen molar-refractivity contribution in [2.24, 2.45) is 0 Å². The van der Waals surface area contributed by atoms with Crippen LogP contribution in [-0.4, -0.2) is 36.1 Å². The first-order valence-electron chi connectivity index (χ1n) is 4.84. The summed E-state index contributed by atoms with van der Waals surface area (Å²) in [6.45, 7) is 0.0175. The van der Waals surface area contributed by atoms with E-state index in [0.29, 0.717) is 0 Å². The molecule has 1 amide bonds. The minimum absolute atomic E-state index is 0.0230. The number of aliphatic hydroxyl groups is 1. The van der Waals surface area contributed by atoms with E-state index in [4.69, 9.17) is 5.11 Å². The van der Waals surface area contributed by atoms with Crippen LogP contribution in [0.4, 0.5) is 8.78 Å². The Bertz CT molecular complexity index is 382. The number of nitrogens with zero attached hydrogens (tertiary/aromatic N) is 1. The molecule has 0 aliphatic carbocycles. The molecule has 3 nitrogen and oxygen atoms in total. The SMILES string of the molecule is CN(CCO)C(=O)Cc1cccc(F)c1F. The van der Waals surface area contributed by atoms with E-state index in [-0.39, 0.29) is 31.0 Å². The Labute approximate surface area is 92.3 Å². The molecule has 0 saturated carbocycles. The number of hydrogen-bond donors (Lipinski definition) is 1. The number of carbonyl (C=O) groups is 1. The molecular formula is C11H13F2NO2. The summed E-state index contributed by atoms with van der Waals surface area (Å²) in [6.07, 6.45) is -0.208. The van der Waals surface area contributed by atoms with Gasteiger partial charge in [-0.2, -0.15) is 0 Å². The molecule has 0 atom stereocenters. The Morgan fingerprint density at radius 1 is 1.44 bits per heavy atom. The van der Waals surface area contributed by atoms with Crippen molar-refractivity contribution in [2.75, 3.05) is 20.2 Å². The molecule has 0 spiro atoms. The second kappa shape index (κ2) is 5.55. The molecule has 0 unspecified atom stereocenters. The predicted octanol–water partition coefficient (Wildman–Crippen LogP) is 0.958. The van der Waals surface area contributed by atoms with Gasteiger partial charge in [0.05, 0.1) is 13.0 Å². The standard InChI is InChI=1S/C11H13F2NO2/c1-14(5-6-15)10(16)7-8-3-2-4-9(12)11(8)13/h2-4,15H,5-7H2,1H3. The second-order valence-corrected chi connectivity index (χ2v) is 3.43. The molecule has 0 heterocycles. The molecule has 1 N–H and O–H groups in total. The van der Waals surface area contributed by atoms with Gasteiger partial charge < -0.3 is 10.0 Å². The van der Waals surface area contributed by atoms with E-state index >= 15 is 0 Å². The van der Waals surface area contributed by atoms with E-state index in [1.807, 2.05) is 0 Å². The van der Waals surface area contributed by atoms with Gasteiger partial charge in [-0.15, -0.1) is 0 Å². The summed E-state index contributed by atoms with van der Waals surface area (Å²) >= 11 is 0. The highest BCUT2D eigenvalue weighted by molar-refractivity contribution is 5.78. The molecule has 1 aromatic carbocycles. The van der Waals surface area contributed by atoms with Gasteiger partial charge >= 0.3 is 0 Å². The van der Waals surface area contributed by atoms with Crippen LogP contribution in [0.2, 0.25) is 0 Å². The first kappa shape index (κ1) is 12.6. The van der Waals surface area contributed by atoms with Crippen LogP contribution in [0.25, 0.3) is 0 Å². The van der Waals surface area contributed by atoms with E-state index in [1.165, 1.54) is 24.1 Å². The van der Waals surface area contributed by atoms with E-state index in [0.717, 1.165) is 6.07 Å². The number of likely N-dealkylation sites (N-methyl/N-ethyl adjacent to an activating group) is 1. The molecular weight excluding hydrogens is 216 g/mol. The van der Waals surface area contributed by atoms with Crippen molar-refractivity contribution in [3.63, 3.8) is 0 Å². The van der Waals surface area contributed by atoms with Gasteiger partial charge in [-0.3, -0.25) is 4.79 Å². The van der Waals surface area contributed by atoms with Gasteiger partial charge in [-0.1, -0.05) is 12.1 Å². The third-order valence-corrected chi connectivity index (χ3v) is 2.23. The minimum Gasteiger partial charge on any atom is -0.395 e. The summed E-state index contributed by atoms with van der Waals surface area (Å²) in [6, 6.07) is 3.72. The number of halogens is 2. The maximum atomic E-state index is 13.2. The van der Waals surface area contributed by atoms with Gasteiger partial charge in [0.1, 0.15) is 0 Å². The van der Waals surface area contributed by atoms with Gasteiger partial charge in [-0.05, 0) is 6.07 Å². The Morgan fingerprint density at radius 2 is 2.12 bits per heavy atom. The lowest BCUT2D eigenvalue weighted by Crippen LogP contribution is -2.31. The van der Waals surface area contributed by atoms with E-state index in [1.54, 1.807) is 0 Å². The normalized spacial score (nSPS) is 10.2. The zero-order valence-electron chi connectivity index (χ0n) is 8.91. The number of hydrogen-bond acceptors (Lipinski definition) is 2. The van der Waals surface area contributed by atoms with E-state index < -0.39 is 11.6 Å². The van der Waals surface area contributed by atoms with Gasteiger partial charge in [0, 0.05) is 19.2 Å². The lowest BCUT2D eigenvalue weighted by molar-refractivity contribution is -0.129. The molecule has 0 bridgehead atoms. The zero-order chi connectivity index (χ0) is 12.1. The van der Waals surface area contributed by atoms with Crippen molar-refractivity contribution in [3.8, 4) is 0 Å². The summed E-state index contributed by atoms with van der Waals surface area (Å²) < 4.78 is 26.1. The Hall–Kier alpha value is -1.49. The number of aliphatic hydroxyl groups excluding tert-OH is 1. The molecule has 0 aromatic heterocycles. The fourth-order valence-corrected chi connectivity index (χ4v) is 1.26. The monoisotopic (exact) mass is 229 g/mol. The summed E-state index contributed by atoms with van der Waals surface area (Å²) in [4.78, 5) is 12.8. The molecule has 1 rings (SSSR count). The Kier molecular flexibility index (Phi) is 4.37. The molecule has 16 heavy (non-hydrogen) atoms. The third-order valence-electron chi connectivity index (χ3n) is 2.23. The molecule has 0 saturated heterocycles. The Morgan fingerprint density at radius 3 is 2.75 bits per heavy atom. The van der Waals surface area contributed by atoms with Crippen molar-refractivity contribution in [2.45, 2.75) is 6.42 Å². The van der Waals surface area contributed by atoms with Crippen molar-refractivity contribution in [1.29, 1.82) is 0 Å². The van der Waals surface area contributed by atoms with Gasteiger partial charge in [0.25, 0.3) is 0 Å². The number of benzene rings is 1. The lowest BCUT2D eigenvalue weighted by Gasteiger charge is -2.15. The maximum absolute atomic E-state index is 13.2. The smallest absolute Gasteiger partial charge is 0.226 e. The van der Waals surface area contributed by atoms with Crippen molar-refractivity contribution in [1.82, 2.24) is 4.90 Å². The molecule has 0 aliphatic rings. The fraction of sp³-hybridized carbons (Fsp3) is 0.364. The first-order chi connectivity index (χ1) is 7.56. The maximum Gasteiger partial charge on any atom is 0.226 e. The topological polar surface area (TPSA) is 40.5 Å². The van der Waals surface area contributed by atoms with Crippen LogP contribution < -0.4 is 0 Å². The van der Waals surface area contributed by atoms with Crippen molar-refractivity contribution >= 4 is 5.91 Å². The average Bonchev–Trinajstić information content (AvgIpc) is 2.25. The summed E-state index contributed by atoms with van der Waals surface area (Å²) in [5, 5.41) is 8.62. The van der Waals surface area contributed by atoms with Crippen LogP contribution >= 0.6 is 0 Å². The Balaban J connectivity index is 2.73. The predicted molar refractivity (Wildman–Crippen MR) is 54.8 cm³/mol. The minimum atomic E-state index is -0.992. The highest BCUT2D eigenvalue weighted by atomic mass is 19.2. The third kappa shape index (κ3) is 3.00. The van der Waals surface area contributed by atoms with Crippen LogP contribution in [0.5, 0.6) is 0 Å². The molecule has 0 aliphatic heterocycles. The average molecular weight is 229 g/mol.